The molecule has 1 aromatic rings. The molecule has 0 atom stereocenters. The standard InChI is InChI=1S/C22H34N2/c1-15(2)20-6-4-5-16(3)21(20)23-7-8-24-22-12-17-9-18(13-22)11-19(10-17)14-22/h4-6,15,17-19,23-24H,7-14H2,1-3H3. The second kappa shape index (κ2) is 6.37. The minimum atomic E-state index is 0.489. The maximum Gasteiger partial charge on any atom is 0.0405 e. The minimum absolute atomic E-state index is 0.489. The van der Waals surface area contributed by atoms with Crippen molar-refractivity contribution >= 4 is 5.69 Å². The fourth-order valence-electron chi connectivity index (χ4n) is 6.26. The van der Waals surface area contributed by atoms with Crippen molar-refractivity contribution in [3.8, 4) is 0 Å². The van der Waals surface area contributed by atoms with Gasteiger partial charge in [0.2, 0.25) is 0 Å². The predicted octanol–water partition coefficient (Wildman–Crippen LogP) is 5.09. The van der Waals surface area contributed by atoms with E-state index in [1.54, 1.807) is 0 Å². The number of benzene rings is 1. The number of para-hydroxylation sites is 1. The summed E-state index contributed by atoms with van der Waals surface area (Å²) in [6.45, 7) is 8.92. The second-order valence-electron chi connectivity index (χ2n) is 9.25. The van der Waals surface area contributed by atoms with Crippen LogP contribution in [-0.2, 0) is 0 Å². The first-order valence-electron chi connectivity index (χ1n) is 10.1. The summed E-state index contributed by atoms with van der Waals surface area (Å²) in [6, 6.07) is 6.68. The van der Waals surface area contributed by atoms with Gasteiger partial charge in [0.05, 0.1) is 0 Å². The smallest absolute Gasteiger partial charge is 0.0405 e. The number of hydrogen-bond donors (Lipinski definition) is 2. The molecule has 5 rings (SSSR count). The van der Waals surface area contributed by atoms with E-state index < -0.39 is 0 Å². The summed E-state index contributed by atoms with van der Waals surface area (Å²) in [5, 5.41) is 7.74. The highest BCUT2D eigenvalue weighted by molar-refractivity contribution is 5.58. The summed E-state index contributed by atoms with van der Waals surface area (Å²) >= 11 is 0. The van der Waals surface area contributed by atoms with Gasteiger partial charge in [-0.1, -0.05) is 32.0 Å². The molecule has 4 aliphatic rings. The SMILES string of the molecule is Cc1cccc(C(C)C)c1NCCNC12CC3CC(CC(C3)C1)C2. The first-order valence-corrected chi connectivity index (χ1v) is 10.1. The largest absolute Gasteiger partial charge is 0.383 e. The molecule has 4 saturated carbocycles. The molecular formula is C22H34N2. The van der Waals surface area contributed by atoms with Crippen molar-refractivity contribution in [3.05, 3.63) is 29.3 Å². The molecular weight excluding hydrogens is 292 g/mol. The van der Waals surface area contributed by atoms with E-state index in [-0.39, 0.29) is 0 Å². The van der Waals surface area contributed by atoms with E-state index in [4.69, 9.17) is 0 Å². The van der Waals surface area contributed by atoms with E-state index >= 15 is 0 Å². The van der Waals surface area contributed by atoms with Gasteiger partial charge in [-0.2, -0.15) is 0 Å². The highest BCUT2D eigenvalue weighted by atomic mass is 15.0. The van der Waals surface area contributed by atoms with Crippen molar-refractivity contribution in [3.63, 3.8) is 0 Å². The molecule has 0 unspecified atom stereocenters. The summed E-state index contributed by atoms with van der Waals surface area (Å²) in [5.41, 5.74) is 4.67. The van der Waals surface area contributed by atoms with Gasteiger partial charge in [0.1, 0.15) is 0 Å². The number of hydrogen-bond acceptors (Lipinski definition) is 2. The molecule has 4 bridgehead atoms. The Hall–Kier alpha value is -1.02. The maximum atomic E-state index is 4.00. The molecule has 1 aromatic carbocycles. The molecule has 0 heterocycles. The molecule has 132 valence electrons. The molecule has 2 nitrogen and oxygen atoms in total. The second-order valence-corrected chi connectivity index (χ2v) is 9.25. The first-order chi connectivity index (χ1) is 11.5. The van der Waals surface area contributed by atoms with Crippen LogP contribution in [-0.4, -0.2) is 18.6 Å². The maximum absolute atomic E-state index is 4.00. The molecule has 24 heavy (non-hydrogen) atoms. The van der Waals surface area contributed by atoms with E-state index in [0.29, 0.717) is 11.5 Å². The number of nitrogens with one attached hydrogen (secondary N) is 2. The van der Waals surface area contributed by atoms with Gasteiger partial charge in [-0.05, 0) is 80.2 Å². The summed E-state index contributed by atoms with van der Waals surface area (Å²) in [6.07, 6.45) is 8.92. The molecule has 0 spiro atoms. The fraction of sp³-hybridized carbons (Fsp3) is 0.727. The number of anilines is 1. The van der Waals surface area contributed by atoms with Crippen LogP contribution in [0.5, 0.6) is 0 Å². The van der Waals surface area contributed by atoms with Crippen molar-refractivity contribution in [1.29, 1.82) is 0 Å². The molecule has 0 amide bonds. The van der Waals surface area contributed by atoms with Crippen LogP contribution >= 0.6 is 0 Å². The highest BCUT2D eigenvalue weighted by Crippen LogP contribution is 2.55. The lowest BCUT2D eigenvalue weighted by atomic mass is 9.53. The topological polar surface area (TPSA) is 24.1 Å². The summed E-state index contributed by atoms with van der Waals surface area (Å²) in [7, 11) is 0. The van der Waals surface area contributed by atoms with E-state index in [9.17, 15) is 0 Å². The van der Waals surface area contributed by atoms with Gasteiger partial charge in [-0.15, -0.1) is 0 Å². The van der Waals surface area contributed by atoms with E-state index in [1.807, 2.05) is 0 Å². The Labute approximate surface area is 147 Å². The number of aryl methyl sites for hydroxylation is 1. The zero-order valence-corrected chi connectivity index (χ0v) is 15.7. The molecule has 4 aliphatic carbocycles. The minimum Gasteiger partial charge on any atom is -0.383 e. The third-order valence-corrected chi connectivity index (χ3v) is 6.89. The monoisotopic (exact) mass is 326 g/mol. The van der Waals surface area contributed by atoms with Gasteiger partial charge in [-0.3, -0.25) is 0 Å². The third kappa shape index (κ3) is 3.10. The van der Waals surface area contributed by atoms with Crippen LogP contribution in [0.3, 0.4) is 0 Å². The average molecular weight is 327 g/mol. The van der Waals surface area contributed by atoms with E-state index in [1.165, 1.54) is 55.3 Å². The van der Waals surface area contributed by atoms with Crippen molar-refractivity contribution < 1.29 is 0 Å². The van der Waals surface area contributed by atoms with Gasteiger partial charge in [-0.25, -0.2) is 0 Å². The Kier molecular flexibility index (Phi) is 4.36. The first kappa shape index (κ1) is 16.4. The van der Waals surface area contributed by atoms with Crippen molar-refractivity contribution in [2.45, 2.75) is 70.8 Å². The summed E-state index contributed by atoms with van der Waals surface area (Å²) in [5.74, 6) is 3.66. The molecule has 0 radical (unpaired) electrons. The predicted molar refractivity (Wildman–Crippen MR) is 103 cm³/mol. The highest BCUT2D eigenvalue weighted by Gasteiger charge is 2.50. The van der Waals surface area contributed by atoms with Gasteiger partial charge in [0.15, 0.2) is 0 Å². The van der Waals surface area contributed by atoms with Crippen LogP contribution in [0.15, 0.2) is 18.2 Å². The Morgan fingerprint density at radius 3 is 2.21 bits per heavy atom. The summed E-state index contributed by atoms with van der Waals surface area (Å²) in [4.78, 5) is 0. The zero-order valence-electron chi connectivity index (χ0n) is 15.7. The van der Waals surface area contributed by atoms with Crippen LogP contribution in [0.1, 0.15) is 69.4 Å². The Balaban J connectivity index is 1.34. The molecule has 0 aromatic heterocycles. The van der Waals surface area contributed by atoms with Crippen LogP contribution in [0.2, 0.25) is 0 Å². The zero-order chi connectivity index (χ0) is 16.7. The fourth-order valence-corrected chi connectivity index (χ4v) is 6.26. The van der Waals surface area contributed by atoms with Crippen LogP contribution in [0, 0.1) is 24.7 Å². The van der Waals surface area contributed by atoms with Gasteiger partial charge in [0.25, 0.3) is 0 Å². The van der Waals surface area contributed by atoms with Crippen LogP contribution in [0.25, 0.3) is 0 Å². The lowest BCUT2D eigenvalue weighted by molar-refractivity contribution is -0.0188. The van der Waals surface area contributed by atoms with E-state index in [0.717, 1.165) is 30.8 Å². The van der Waals surface area contributed by atoms with Crippen LogP contribution in [0.4, 0.5) is 5.69 Å². The Morgan fingerprint density at radius 2 is 1.62 bits per heavy atom. The quantitative estimate of drug-likeness (QED) is 0.712. The van der Waals surface area contributed by atoms with Gasteiger partial charge < -0.3 is 10.6 Å². The Bertz CT molecular complexity index is 554. The molecule has 4 fully saturated rings. The molecule has 0 saturated heterocycles. The molecule has 2 heteroatoms. The van der Waals surface area contributed by atoms with Crippen molar-refractivity contribution in [1.82, 2.24) is 5.32 Å². The average Bonchev–Trinajstić information content (AvgIpc) is 2.51. The third-order valence-electron chi connectivity index (χ3n) is 6.89. The lowest BCUT2D eigenvalue weighted by Crippen LogP contribution is -2.59. The van der Waals surface area contributed by atoms with Gasteiger partial charge >= 0.3 is 0 Å². The van der Waals surface area contributed by atoms with Crippen molar-refractivity contribution in [2.75, 3.05) is 18.4 Å². The Morgan fingerprint density at radius 1 is 1.00 bits per heavy atom. The number of rotatable bonds is 6. The molecule has 0 aliphatic heterocycles. The lowest BCUT2D eigenvalue weighted by Gasteiger charge is -2.57. The van der Waals surface area contributed by atoms with Crippen LogP contribution < -0.4 is 10.6 Å². The van der Waals surface area contributed by atoms with E-state index in [2.05, 4.69) is 49.6 Å². The van der Waals surface area contributed by atoms with Gasteiger partial charge in [0, 0.05) is 24.3 Å². The van der Waals surface area contributed by atoms with Crippen molar-refractivity contribution in [2.24, 2.45) is 17.8 Å². The normalized spacial score (nSPS) is 34.1. The molecule has 2 N–H and O–H groups in total. The summed E-state index contributed by atoms with van der Waals surface area (Å²) < 4.78 is 0.